The number of benzene rings is 1. The molecule has 0 radical (unpaired) electrons. The highest BCUT2D eigenvalue weighted by atomic mass is 19.1. The third kappa shape index (κ3) is 5.26. The molecule has 27 heavy (non-hydrogen) atoms. The molecule has 1 aromatic heterocycles. The van der Waals surface area contributed by atoms with Crippen LogP contribution in [0.1, 0.15) is 51.0 Å². The molecular formula is C20H22FNO5. The van der Waals surface area contributed by atoms with Crippen LogP contribution in [-0.2, 0) is 20.7 Å². The van der Waals surface area contributed by atoms with Gasteiger partial charge < -0.3 is 14.5 Å². The minimum Gasteiger partial charge on any atom is -0.462 e. The lowest BCUT2D eigenvalue weighted by Gasteiger charge is -2.05. The minimum atomic E-state index is -0.528. The van der Waals surface area contributed by atoms with E-state index in [0.29, 0.717) is 23.2 Å². The first-order chi connectivity index (χ1) is 12.8. The summed E-state index contributed by atoms with van der Waals surface area (Å²) in [6.07, 6.45) is 0.469. The molecule has 0 aliphatic rings. The van der Waals surface area contributed by atoms with Gasteiger partial charge in [0.1, 0.15) is 5.82 Å². The Morgan fingerprint density at radius 1 is 1.07 bits per heavy atom. The van der Waals surface area contributed by atoms with Gasteiger partial charge >= 0.3 is 11.9 Å². The van der Waals surface area contributed by atoms with Crippen LogP contribution in [0.4, 0.5) is 4.39 Å². The maximum Gasteiger partial charge on any atom is 0.340 e. The van der Waals surface area contributed by atoms with Crippen LogP contribution in [-0.4, -0.2) is 35.9 Å². The van der Waals surface area contributed by atoms with E-state index in [1.165, 1.54) is 12.1 Å². The normalized spacial score (nSPS) is 10.5. The second kappa shape index (κ2) is 9.12. The van der Waals surface area contributed by atoms with E-state index in [4.69, 9.17) is 9.47 Å². The van der Waals surface area contributed by atoms with E-state index in [1.807, 2.05) is 0 Å². The molecular weight excluding hydrogens is 353 g/mol. The van der Waals surface area contributed by atoms with Crippen LogP contribution in [0.15, 0.2) is 24.3 Å². The van der Waals surface area contributed by atoms with Crippen molar-refractivity contribution in [1.82, 2.24) is 4.98 Å². The zero-order valence-electron chi connectivity index (χ0n) is 15.6. The molecule has 2 aromatic rings. The molecule has 0 unspecified atom stereocenters. The van der Waals surface area contributed by atoms with Crippen LogP contribution in [0.5, 0.6) is 0 Å². The van der Waals surface area contributed by atoms with E-state index in [0.717, 1.165) is 5.56 Å². The van der Waals surface area contributed by atoms with Gasteiger partial charge in [0.15, 0.2) is 6.61 Å². The fourth-order valence-electron chi connectivity index (χ4n) is 2.73. The highest BCUT2D eigenvalue weighted by molar-refractivity contribution is 6.02. The molecule has 1 heterocycles. The number of aryl methyl sites for hydroxylation is 2. The topological polar surface area (TPSA) is 85.5 Å². The van der Waals surface area contributed by atoms with Crippen molar-refractivity contribution in [2.75, 3.05) is 13.2 Å². The summed E-state index contributed by atoms with van der Waals surface area (Å²) in [6.45, 7) is 4.82. The average Bonchev–Trinajstić information content (AvgIpc) is 2.93. The third-order valence-electron chi connectivity index (χ3n) is 4.09. The molecule has 0 saturated carbocycles. The standard InChI is InChI=1S/C20H22FNO5/c1-4-26-20(25)18-12(2)19(22-13(18)3)16(23)11-27-17(24)10-7-14-5-8-15(21)9-6-14/h5-6,8-9,22H,4,7,10-11H2,1-3H3. The summed E-state index contributed by atoms with van der Waals surface area (Å²) in [5, 5.41) is 0. The third-order valence-corrected chi connectivity index (χ3v) is 4.09. The molecule has 0 spiro atoms. The number of halogens is 1. The number of H-pyrrole nitrogens is 1. The smallest absolute Gasteiger partial charge is 0.340 e. The Labute approximate surface area is 156 Å². The van der Waals surface area contributed by atoms with Gasteiger partial charge in [-0.15, -0.1) is 0 Å². The Balaban J connectivity index is 1.91. The van der Waals surface area contributed by atoms with E-state index in [9.17, 15) is 18.8 Å². The van der Waals surface area contributed by atoms with E-state index in [1.54, 1.807) is 32.9 Å². The van der Waals surface area contributed by atoms with Crippen molar-refractivity contribution in [1.29, 1.82) is 0 Å². The van der Waals surface area contributed by atoms with E-state index >= 15 is 0 Å². The first-order valence-corrected chi connectivity index (χ1v) is 8.63. The lowest BCUT2D eigenvalue weighted by Crippen LogP contribution is -2.16. The molecule has 0 aliphatic carbocycles. The van der Waals surface area contributed by atoms with Crippen molar-refractivity contribution in [2.45, 2.75) is 33.6 Å². The summed E-state index contributed by atoms with van der Waals surface area (Å²) >= 11 is 0. The van der Waals surface area contributed by atoms with Crippen molar-refractivity contribution in [3.63, 3.8) is 0 Å². The summed E-state index contributed by atoms with van der Waals surface area (Å²) in [4.78, 5) is 39.0. The first kappa shape index (κ1) is 20.4. The van der Waals surface area contributed by atoms with Crippen molar-refractivity contribution >= 4 is 17.7 Å². The van der Waals surface area contributed by atoms with Gasteiger partial charge in [0, 0.05) is 12.1 Å². The molecule has 1 N–H and O–H groups in total. The number of ketones is 1. The first-order valence-electron chi connectivity index (χ1n) is 8.63. The van der Waals surface area contributed by atoms with Crippen LogP contribution < -0.4 is 0 Å². The van der Waals surface area contributed by atoms with Crippen LogP contribution >= 0.6 is 0 Å². The highest BCUT2D eigenvalue weighted by Crippen LogP contribution is 2.19. The van der Waals surface area contributed by atoms with Gasteiger partial charge in [-0.1, -0.05) is 12.1 Å². The van der Waals surface area contributed by atoms with Crippen LogP contribution in [0, 0.1) is 19.7 Å². The largest absolute Gasteiger partial charge is 0.462 e. The lowest BCUT2D eigenvalue weighted by molar-refractivity contribution is -0.142. The number of rotatable bonds is 8. The number of aromatic nitrogens is 1. The second-order valence-electron chi connectivity index (χ2n) is 6.06. The van der Waals surface area contributed by atoms with E-state index in [-0.39, 0.29) is 24.5 Å². The molecule has 144 valence electrons. The summed E-state index contributed by atoms with van der Waals surface area (Å²) in [7, 11) is 0. The molecule has 6 nitrogen and oxygen atoms in total. The van der Waals surface area contributed by atoms with Gasteiger partial charge in [-0.05, 0) is 50.5 Å². The minimum absolute atomic E-state index is 0.0791. The summed E-state index contributed by atoms with van der Waals surface area (Å²) in [6, 6.07) is 5.83. The SMILES string of the molecule is CCOC(=O)c1c(C)[nH]c(C(=O)COC(=O)CCc2ccc(F)cc2)c1C. The predicted octanol–water partition coefficient (Wildman–Crippen LogP) is 3.31. The fraction of sp³-hybridized carbons (Fsp3) is 0.350. The number of Topliss-reactive ketones (excluding diaryl/α,β-unsaturated/α-hetero) is 1. The molecule has 1 aromatic carbocycles. The van der Waals surface area contributed by atoms with E-state index < -0.39 is 24.3 Å². The molecule has 0 atom stereocenters. The average molecular weight is 375 g/mol. The Morgan fingerprint density at radius 3 is 2.37 bits per heavy atom. The Morgan fingerprint density at radius 2 is 1.74 bits per heavy atom. The Hall–Kier alpha value is -2.96. The highest BCUT2D eigenvalue weighted by Gasteiger charge is 2.23. The van der Waals surface area contributed by atoms with Crippen molar-refractivity contribution in [3.8, 4) is 0 Å². The summed E-state index contributed by atoms with van der Waals surface area (Å²) in [5.74, 6) is -1.80. The van der Waals surface area contributed by atoms with Gasteiger partial charge in [0.05, 0.1) is 17.9 Å². The van der Waals surface area contributed by atoms with Crippen molar-refractivity contribution in [3.05, 3.63) is 58.2 Å². The van der Waals surface area contributed by atoms with Crippen molar-refractivity contribution < 1.29 is 28.2 Å². The molecule has 0 amide bonds. The predicted molar refractivity (Wildman–Crippen MR) is 96.2 cm³/mol. The van der Waals surface area contributed by atoms with Gasteiger partial charge in [0.2, 0.25) is 5.78 Å². The van der Waals surface area contributed by atoms with Crippen LogP contribution in [0.3, 0.4) is 0 Å². The molecule has 0 fully saturated rings. The van der Waals surface area contributed by atoms with Gasteiger partial charge in [-0.2, -0.15) is 0 Å². The molecule has 0 bridgehead atoms. The number of esters is 2. The summed E-state index contributed by atoms with van der Waals surface area (Å²) < 4.78 is 22.9. The number of hydrogen-bond donors (Lipinski definition) is 1. The van der Waals surface area contributed by atoms with Gasteiger partial charge in [-0.25, -0.2) is 9.18 Å². The monoisotopic (exact) mass is 375 g/mol. The van der Waals surface area contributed by atoms with E-state index in [2.05, 4.69) is 4.98 Å². The Bertz CT molecular complexity index is 839. The quantitative estimate of drug-likeness (QED) is 0.565. The lowest BCUT2D eigenvalue weighted by atomic mass is 10.1. The fourth-order valence-corrected chi connectivity index (χ4v) is 2.73. The number of carbonyl (C=O) groups is 3. The Kier molecular flexibility index (Phi) is 6.87. The van der Waals surface area contributed by atoms with Gasteiger partial charge in [-0.3, -0.25) is 9.59 Å². The summed E-state index contributed by atoms with van der Waals surface area (Å²) in [5.41, 5.74) is 2.34. The molecule has 7 heteroatoms. The van der Waals surface area contributed by atoms with Gasteiger partial charge in [0.25, 0.3) is 0 Å². The molecule has 0 aliphatic heterocycles. The number of aromatic amines is 1. The van der Waals surface area contributed by atoms with Crippen LogP contribution in [0.25, 0.3) is 0 Å². The number of nitrogens with one attached hydrogen (secondary N) is 1. The maximum atomic E-state index is 12.9. The maximum absolute atomic E-state index is 12.9. The number of carbonyl (C=O) groups excluding carboxylic acids is 3. The zero-order chi connectivity index (χ0) is 20.0. The molecule has 0 saturated heterocycles. The van der Waals surface area contributed by atoms with Crippen LogP contribution in [0.2, 0.25) is 0 Å². The molecule has 2 rings (SSSR count). The van der Waals surface area contributed by atoms with Crippen molar-refractivity contribution in [2.24, 2.45) is 0 Å². The zero-order valence-corrected chi connectivity index (χ0v) is 15.6. The number of ether oxygens (including phenoxy) is 2. The second-order valence-corrected chi connectivity index (χ2v) is 6.06. The number of hydrogen-bond acceptors (Lipinski definition) is 5.